The monoisotopic (exact) mass is 627 g/mol. The van der Waals surface area contributed by atoms with Gasteiger partial charge >= 0.3 is 11.9 Å². The van der Waals surface area contributed by atoms with Crippen LogP contribution in [0.15, 0.2) is 11.1 Å². The minimum atomic E-state index is -2.27. The molecule has 0 radical (unpaired) electrons. The highest BCUT2D eigenvalue weighted by molar-refractivity contribution is 5.93. The first kappa shape index (κ1) is 36.1. The number of fused-ring (bicyclic) bond motifs is 3. The smallest absolute Gasteiger partial charge is 0.337 e. The topological polar surface area (TPSA) is 220 Å². The van der Waals surface area contributed by atoms with Gasteiger partial charge in [0.15, 0.2) is 11.9 Å². The van der Waals surface area contributed by atoms with Crippen molar-refractivity contribution in [3.8, 4) is 0 Å². The lowest BCUT2D eigenvalue weighted by Gasteiger charge is -2.64. The van der Waals surface area contributed by atoms with Gasteiger partial charge in [-0.05, 0) is 43.3 Å². The summed E-state index contributed by atoms with van der Waals surface area (Å²) in [6.07, 6.45) is -9.00. The van der Waals surface area contributed by atoms with Crippen molar-refractivity contribution in [2.45, 2.75) is 123 Å². The summed E-state index contributed by atoms with van der Waals surface area (Å²) in [5, 5.41) is 71.7. The Morgan fingerprint density at radius 3 is 2.11 bits per heavy atom. The van der Waals surface area contributed by atoms with E-state index in [9.17, 15) is 49.8 Å². The second-order valence-corrected chi connectivity index (χ2v) is 14.0. The number of aliphatic hydroxyl groups excluding tert-OH is 4. The molecule has 2 bridgehead atoms. The largest absolute Gasteiger partial charge is 0.459 e. The average molecular weight is 628 g/mol. The van der Waals surface area contributed by atoms with Gasteiger partial charge < -0.3 is 45.4 Å². The lowest BCUT2D eigenvalue weighted by atomic mass is 9.44. The molecule has 3 aliphatic carbocycles. The van der Waals surface area contributed by atoms with Crippen molar-refractivity contribution in [3.05, 3.63) is 11.1 Å². The summed E-state index contributed by atoms with van der Waals surface area (Å²) in [6, 6.07) is -1.02. The van der Waals surface area contributed by atoms with Crippen LogP contribution in [0.2, 0.25) is 0 Å². The van der Waals surface area contributed by atoms with Gasteiger partial charge in [0, 0.05) is 31.6 Å². The third-order valence-corrected chi connectivity index (χ3v) is 10.8. The predicted octanol–water partition coefficient (Wildman–Crippen LogP) is -0.481. The van der Waals surface area contributed by atoms with Crippen LogP contribution in [0.5, 0.6) is 0 Å². The van der Waals surface area contributed by atoms with E-state index in [1.165, 1.54) is 34.6 Å². The van der Waals surface area contributed by atoms with E-state index in [4.69, 9.17) is 9.47 Å². The van der Waals surface area contributed by atoms with Crippen LogP contribution in [-0.4, -0.2) is 109 Å². The van der Waals surface area contributed by atoms with Crippen molar-refractivity contribution in [3.63, 3.8) is 0 Å². The Balaban J connectivity index is 2.29. The van der Waals surface area contributed by atoms with Gasteiger partial charge in [-0.2, -0.15) is 0 Å². The summed E-state index contributed by atoms with van der Waals surface area (Å²) < 4.78 is 11.5. The maximum atomic E-state index is 14.3. The number of aliphatic hydroxyl groups is 6. The molecule has 13 nitrogen and oxygen atoms in total. The van der Waals surface area contributed by atoms with Crippen LogP contribution in [-0.2, 0) is 28.7 Å². The van der Waals surface area contributed by atoms with Crippen LogP contribution in [0, 0.1) is 28.6 Å². The van der Waals surface area contributed by atoms with E-state index in [0.717, 1.165) is 6.92 Å². The molecule has 2 saturated carbocycles. The molecule has 0 heterocycles. The minimum Gasteiger partial charge on any atom is -0.459 e. The predicted molar refractivity (Wildman–Crippen MR) is 154 cm³/mol. The number of esters is 2. The van der Waals surface area contributed by atoms with E-state index in [1.807, 2.05) is 0 Å². The van der Waals surface area contributed by atoms with Gasteiger partial charge in [0.05, 0.1) is 29.8 Å². The number of rotatable bonds is 7. The fourth-order valence-corrected chi connectivity index (χ4v) is 7.96. The summed E-state index contributed by atoms with van der Waals surface area (Å²) in [6.45, 7) is 12.1. The zero-order valence-corrected chi connectivity index (χ0v) is 27.0. The molecule has 250 valence electrons. The highest BCUT2D eigenvalue weighted by Gasteiger charge is 2.73. The first-order valence-electron chi connectivity index (χ1n) is 15.0. The molecule has 1 amide bonds. The molecule has 0 aromatic rings. The lowest BCUT2D eigenvalue weighted by Crippen LogP contribution is -2.76. The number of nitrogens with one attached hydrogen (secondary N) is 1. The highest BCUT2D eigenvalue weighted by atomic mass is 16.6. The van der Waals surface area contributed by atoms with Crippen LogP contribution in [0.1, 0.15) is 75.2 Å². The van der Waals surface area contributed by atoms with Crippen molar-refractivity contribution in [2.24, 2.45) is 28.6 Å². The van der Waals surface area contributed by atoms with E-state index in [-0.39, 0.29) is 23.5 Å². The zero-order chi connectivity index (χ0) is 33.9. The zero-order valence-electron chi connectivity index (χ0n) is 27.0. The molecule has 0 unspecified atom stereocenters. The first-order chi connectivity index (χ1) is 20.0. The van der Waals surface area contributed by atoms with Crippen LogP contribution >= 0.6 is 0 Å². The molecule has 0 aliphatic heterocycles. The first-order valence-corrected chi connectivity index (χ1v) is 15.0. The standard InChI is InChI=1S/C31H49NO12/c1-13(2)21(32-16(5)34)23(38)27(40)44-18-11-31(42)26(43-17(6)35)24-29(9,19(36)10-14(3)30(24,41)12-33)25(39)22(37)20(15(18)4)28(31,7)8/h13-14,18-19,21-24,26,33,36-38,41-42H,10-12H2,1-9H3,(H,32,34)/t14-,18+,19+,21+,22-,23-,24+,26+,29-,30+,31-/m1/s1. The van der Waals surface area contributed by atoms with Crippen molar-refractivity contribution >= 4 is 23.6 Å². The number of carbonyl (C=O) groups excluding carboxylic acids is 4. The molecular weight excluding hydrogens is 578 g/mol. The van der Waals surface area contributed by atoms with Gasteiger partial charge in [-0.15, -0.1) is 0 Å². The van der Waals surface area contributed by atoms with E-state index < -0.39 is 107 Å². The van der Waals surface area contributed by atoms with Gasteiger partial charge in [0.1, 0.15) is 23.9 Å². The lowest BCUT2D eigenvalue weighted by molar-refractivity contribution is -0.280. The Morgan fingerprint density at radius 2 is 1.64 bits per heavy atom. The van der Waals surface area contributed by atoms with Gasteiger partial charge in [-0.1, -0.05) is 34.6 Å². The SMILES string of the molecule is CC(=O)N[C@@H](C(C)C)[C@@H](O)C(=O)O[C@H]1C[C@@]2(O)[C@@H](OC(C)=O)[C@@H]3[C@](O)(CO)[C@H](C)C[C@H](O)[C@@]3(C)C(=O)[C@H](O)C(=C1C)C2(C)C. The average Bonchev–Trinajstić information content (AvgIpc) is 2.91. The number of ether oxygens (including phenoxy) is 2. The fourth-order valence-electron chi connectivity index (χ4n) is 7.96. The Bertz CT molecular complexity index is 1210. The molecule has 13 heteroatoms. The van der Waals surface area contributed by atoms with E-state index in [0.29, 0.717) is 0 Å². The third kappa shape index (κ3) is 5.39. The maximum absolute atomic E-state index is 14.3. The Kier molecular flexibility index (Phi) is 9.89. The second kappa shape index (κ2) is 12.1. The van der Waals surface area contributed by atoms with Crippen molar-refractivity contribution < 1.29 is 59.3 Å². The van der Waals surface area contributed by atoms with Crippen molar-refractivity contribution in [1.82, 2.24) is 5.32 Å². The molecular formula is C31H49NO12. The quantitative estimate of drug-likeness (QED) is 0.141. The normalized spacial score (nSPS) is 39.9. The number of hydrogen-bond acceptors (Lipinski definition) is 12. The number of Topliss-reactive ketones (excluding diaryl/α,β-unsaturated/α-hetero) is 1. The van der Waals surface area contributed by atoms with Crippen molar-refractivity contribution in [2.75, 3.05) is 6.61 Å². The molecule has 0 aromatic carbocycles. The summed E-state index contributed by atoms with van der Waals surface area (Å²) in [5.41, 5.74) is -7.86. The minimum absolute atomic E-state index is 0.0407. The molecule has 0 spiro atoms. The molecule has 44 heavy (non-hydrogen) atoms. The van der Waals surface area contributed by atoms with Crippen LogP contribution in [0.25, 0.3) is 0 Å². The summed E-state index contributed by atoms with van der Waals surface area (Å²) in [7, 11) is 0. The van der Waals surface area contributed by atoms with Gasteiger partial charge in [0.2, 0.25) is 5.91 Å². The van der Waals surface area contributed by atoms with Crippen LogP contribution in [0.4, 0.5) is 0 Å². The van der Waals surface area contributed by atoms with Gasteiger partial charge in [0.25, 0.3) is 0 Å². The highest BCUT2D eigenvalue weighted by Crippen LogP contribution is 2.62. The Labute approximate surface area is 257 Å². The number of ketones is 1. The third-order valence-electron chi connectivity index (χ3n) is 10.8. The number of carbonyl (C=O) groups is 4. The van der Waals surface area contributed by atoms with Crippen LogP contribution in [0.3, 0.4) is 0 Å². The van der Waals surface area contributed by atoms with Crippen LogP contribution < -0.4 is 5.32 Å². The Hall–Kier alpha value is -2.42. The molecule has 7 N–H and O–H groups in total. The van der Waals surface area contributed by atoms with Crippen molar-refractivity contribution in [1.29, 1.82) is 0 Å². The summed E-state index contributed by atoms with van der Waals surface area (Å²) >= 11 is 0. The van der Waals surface area contributed by atoms with Gasteiger partial charge in [-0.3, -0.25) is 14.4 Å². The molecule has 3 aliphatic rings. The molecule has 2 fully saturated rings. The molecule has 0 aromatic heterocycles. The van der Waals surface area contributed by atoms with E-state index in [1.54, 1.807) is 20.8 Å². The molecule has 3 rings (SSSR count). The number of hydrogen-bond donors (Lipinski definition) is 7. The summed E-state index contributed by atoms with van der Waals surface area (Å²) in [4.78, 5) is 51.9. The second-order valence-electron chi connectivity index (χ2n) is 14.0. The van der Waals surface area contributed by atoms with Gasteiger partial charge in [-0.25, -0.2) is 4.79 Å². The summed E-state index contributed by atoms with van der Waals surface area (Å²) in [5.74, 6) is -6.32. The maximum Gasteiger partial charge on any atom is 0.337 e. The van der Waals surface area contributed by atoms with E-state index >= 15 is 0 Å². The Morgan fingerprint density at radius 1 is 1.07 bits per heavy atom. The number of amides is 1. The molecule has 0 saturated heterocycles. The molecule has 11 atom stereocenters. The fraction of sp³-hybridized carbons (Fsp3) is 0.806. The van der Waals surface area contributed by atoms with E-state index in [2.05, 4.69) is 5.32 Å².